The lowest BCUT2D eigenvalue weighted by Crippen LogP contribution is -2.31. The summed E-state index contributed by atoms with van der Waals surface area (Å²) in [5.74, 6) is -1.31. The molecule has 1 unspecified atom stereocenters. The number of nitrogens with one attached hydrogen (secondary N) is 1. The fraction of sp³-hybridized carbons (Fsp3) is 0.370. The minimum atomic E-state index is -0.846. The van der Waals surface area contributed by atoms with Crippen molar-refractivity contribution in [3.63, 3.8) is 0 Å². The van der Waals surface area contributed by atoms with Crippen molar-refractivity contribution in [3.05, 3.63) is 59.6 Å². The van der Waals surface area contributed by atoms with Gasteiger partial charge in [-0.2, -0.15) is 0 Å². The minimum absolute atomic E-state index is 0.0794. The molecule has 196 valence electrons. The number of nitrogens with two attached hydrogens (primary N) is 2. The van der Waals surface area contributed by atoms with Gasteiger partial charge in [0.2, 0.25) is 0 Å². The summed E-state index contributed by atoms with van der Waals surface area (Å²) in [4.78, 5) is 21.6. The Balaban J connectivity index is 1.67. The van der Waals surface area contributed by atoms with Gasteiger partial charge in [-0.3, -0.25) is 9.78 Å². The summed E-state index contributed by atoms with van der Waals surface area (Å²) in [7, 11) is 2.36. The SMILES string of the molecule is CC(C)Oc1cc(F)c(-c2nc(C(=O)Nc3cnccc3[C@@H]3C[C@H](C)C[C@H](N)C3)c(N)cc2F)c(P)c1. The van der Waals surface area contributed by atoms with E-state index in [-0.39, 0.29) is 40.7 Å². The number of hydrogen-bond donors (Lipinski definition) is 3. The van der Waals surface area contributed by atoms with Crippen molar-refractivity contribution in [3.8, 4) is 17.0 Å². The molecule has 2 aromatic heterocycles. The summed E-state index contributed by atoms with van der Waals surface area (Å²) < 4.78 is 35.6. The minimum Gasteiger partial charge on any atom is -0.491 e. The normalized spacial score (nSPS) is 19.6. The van der Waals surface area contributed by atoms with E-state index in [2.05, 4.69) is 31.4 Å². The van der Waals surface area contributed by atoms with Crippen molar-refractivity contribution in [2.75, 3.05) is 11.1 Å². The van der Waals surface area contributed by atoms with Crippen LogP contribution in [0, 0.1) is 17.6 Å². The Morgan fingerprint density at radius 3 is 2.62 bits per heavy atom. The largest absolute Gasteiger partial charge is 0.491 e. The van der Waals surface area contributed by atoms with E-state index >= 15 is 4.39 Å². The molecule has 1 fully saturated rings. The number of anilines is 2. The molecule has 1 aromatic carbocycles. The molecule has 2 heterocycles. The highest BCUT2D eigenvalue weighted by molar-refractivity contribution is 7.28. The molecule has 1 saturated carbocycles. The number of carbonyl (C=O) groups excluding carboxylic acids is 1. The maximum atomic E-state index is 15.1. The Morgan fingerprint density at radius 2 is 1.95 bits per heavy atom. The molecule has 4 atom stereocenters. The van der Waals surface area contributed by atoms with Gasteiger partial charge < -0.3 is 21.5 Å². The third-order valence-corrected chi connectivity index (χ3v) is 6.90. The van der Waals surface area contributed by atoms with Crippen molar-refractivity contribution in [2.45, 2.75) is 58.1 Å². The summed E-state index contributed by atoms with van der Waals surface area (Å²) >= 11 is 0. The molecule has 1 aliphatic rings. The highest BCUT2D eigenvalue weighted by Crippen LogP contribution is 2.38. The number of amides is 1. The Labute approximate surface area is 217 Å². The number of ether oxygens (including phenoxy) is 1. The number of benzene rings is 1. The zero-order chi connectivity index (χ0) is 26.9. The predicted octanol–water partition coefficient (Wildman–Crippen LogP) is 4.77. The van der Waals surface area contributed by atoms with Crippen molar-refractivity contribution in [2.24, 2.45) is 11.7 Å². The molecule has 5 N–H and O–H groups in total. The highest BCUT2D eigenvalue weighted by atomic mass is 31.0. The Kier molecular flexibility index (Phi) is 8.05. The lowest BCUT2D eigenvalue weighted by molar-refractivity contribution is 0.102. The topological polar surface area (TPSA) is 116 Å². The van der Waals surface area contributed by atoms with E-state index in [0.29, 0.717) is 22.7 Å². The van der Waals surface area contributed by atoms with Crippen LogP contribution in [0.1, 0.15) is 62.0 Å². The Hall–Kier alpha value is -3.16. The van der Waals surface area contributed by atoms with Gasteiger partial charge in [-0.05, 0) is 67.9 Å². The van der Waals surface area contributed by atoms with Crippen LogP contribution in [0.25, 0.3) is 11.3 Å². The maximum Gasteiger partial charge on any atom is 0.276 e. The van der Waals surface area contributed by atoms with Gasteiger partial charge in [0.1, 0.15) is 17.3 Å². The van der Waals surface area contributed by atoms with Crippen LogP contribution in [0.15, 0.2) is 36.7 Å². The molecule has 3 aromatic rings. The van der Waals surface area contributed by atoms with Crippen molar-refractivity contribution >= 4 is 31.8 Å². The van der Waals surface area contributed by atoms with E-state index < -0.39 is 17.5 Å². The predicted molar refractivity (Wildman–Crippen MR) is 145 cm³/mol. The summed E-state index contributed by atoms with van der Waals surface area (Å²) in [5, 5.41) is 3.16. The number of pyridine rings is 2. The summed E-state index contributed by atoms with van der Waals surface area (Å²) in [5.41, 5.74) is 12.9. The van der Waals surface area contributed by atoms with Crippen LogP contribution >= 0.6 is 9.24 Å². The fourth-order valence-electron chi connectivity index (χ4n) is 5.01. The van der Waals surface area contributed by atoms with Crippen LogP contribution in [0.3, 0.4) is 0 Å². The number of rotatable bonds is 6. The molecule has 0 spiro atoms. The first-order valence-corrected chi connectivity index (χ1v) is 12.8. The highest BCUT2D eigenvalue weighted by Gasteiger charge is 2.28. The number of aromatic nitrogens is 2. The van der Waals surface area contributed by atoms with Crippen LogP contribution in [0.5, 0.6) is 5.75 Å². The van der Waals surface area contributed by atoms with E-state index in [4.69, 9.17) is 16.2 Å². The number of halogens is 2. The summed E-state index contributed by atoms with van der Waals surface area (Å²) in [6.07, 6.45) is 5.77. The van der Waals surface area contributed by atoms with Crippen molar-refractivity contribution < 1.29 is 18.3 Å². The van der Waals surface area contributed by atoms with Crippen LogP contribution in [-0.4, -0.2) is 28.0 Å². The second-order valence-corrected chi connectivity index (χ2v) is 10.6. The molecule has 0 saturated heterocycles. The van der Waals surface area contributed by atoms with E-state index in [1.54, 1.807) is 18.5 Å². The molecular formula is C27H32F2N5O2P. The molecule has 7 nitrogen and oxygen atoms in total. The maximum absolute atomic E-state index is 15.1. The van der Waals surface area contributed by atoms with Gasteiger partial charge in [0, 0.05) is 29.9 Å². The quantitative estimate of drug-likeness (QED) is 0.398. The smallest absolute Gasteiger partial charge is 0.276 e. The molecule has 0 radical (unpaired) electrons. The molecule has 0 bridgehead atoms. The first kappa shape index (κ1) is 26.9. The first-order valence-electron chi connectivity index (χ1n) is 12.3. The van der Waals surface area contributed by atoms with Crippen LogP contribution in [0.4, 0.5) is 20.2 Å². The Bertz CT molecular complexity index is 1290. The molecule has 4 rings (SSSR count). The second-order valence-electron chi connectivity index (χ2n) is 9.98. The third kappa shape index (κ3) is 6.05. The van der Waals surface area contributed by atoms with Gasteiger partial charge >= 0.3 is 0 Å². The van der Waals surface area contributed by atoms with E-state index in [1.165, 1.54) is 0 Å². The molecule has 1 aliphatic carbocycles. The van der Waals surface area contributed by atoms with Gasteiger partial charge in [0.15, 0.2) is 11.5 Å². The molecule has 1 amide bonds. The Morgan fingerprint density at radius 1 is 1.19 bits per heavy atom. The summed E-state index contributed by atoms with van der Waals surface area (Å²) in [6.45, 7) is 5.80. The summed E-state index contributed by atoms with van der Waals surface area (Å²) in [6, 6.07) is 5.66. The van der Waals surface area contributed by atoms with Gasteiger partial charge in [-0.1, -0.05) is 6.92 Å². The lowest BCUT2D eigenvalue weighted by atomic mass is 9.76. The fourth-order valence-corrected chi connectivity index (χ4v) is 5.45. The van der Waals surface area contributed by atoms with E-state index in [0.717, 1.165) is 37.0 Å². The van der Waals surface area contributed by atoms with Gasteiger partial charge in [-0.25, -0.2) is 13.8 Å². The number of nitrogen functional groups attached to an aromatic ring is 1. The molecular weight excluding hydrogens is 495 g/mol. The number of hydrogen-bond acceptors (Lipinski definition) is 6. The molecule has 0 aliphatic heterocycles. The van der Waals surface area contributed by atoms with Crippen molar-refractivity contribution in [1.29, 1.82) is 0 Å². The standard InChI is InChI=1S/C27H32F2N5O2P/c1-13(2)36-17-9-19(28)24(23(37)10-17)25-20(29)11-21(31)26(34-25)27(35)33-22-12-32-5-4-18(22)15-6-14(3)7-16(30)8-15/h4-5,9-16H,6-8,30-31,37H2,1-3H3,(H,33,35)/t14-,15+,16-/m0/s1. The van der Waals surface area contributed by atoms with E-state index in [1.807, 2.05) is 19.9 Å². The number of carbonyl (C=O) groups is 1. The zero-order valence-corrected chi connectivity index (χ0v) is 22.2. The van der Waals surface area contributed by atoms with Crippen LogP contribution in [0.2, 0.25) is 0 Å². The third-order valence-electron chi connectivity index (χ3n) is 6.45. The van der Waals surface area contributed by atoms with E-state index in [9.17, 15) is 9.18 Å². The average Bonchev–Trinajstić information content (AvgIpc) is 2.79. The average molecular weight is 528 g/mol. The van der Waals surface area contributed by atoms with Gasteiger partial charge in [0.05, 0.1) is 23.7 Å². The van der Waals surface area contributed by atoms with Gasteiger partial charge in [0.25, 0.3) is 5.91 Å². The van der Waals surface area contributed by atoms with Crippen molar-refractivity contribution in [1.82, 2.24) is 9.97 Å². The lowest BCUT2D eigenvalue weighted by Gasteiger charge is -2.32. The molecule has 37 heavy (non-hydrogen) atoms. The number of nitrogens with zero attached hydrogens (tertiary/aromatic N) is 2. The molecule has 10 heteroatoms. The van der Waals surface area contributed by atoms with Crippen LogP contribution < -0.4 is 26.8 Å². The van der Waals surface area contributed by atoms with Gasteiger partial charge in [-0.15, -0.1) is 9.24 Å². The first-order chi connectivity index (χ1) is 17.5. The zero-order valence-electron chi connectivity index (χ0n) is 21.1. The monoisotopic (exact) mass is 527 g/mol. The second kappa shape index (κ2) is 11.1. The van der Waals surface area contributed by atoms with Crippen LogP contribution in [-0.2, 0) is 0 Å².